The summed E-state index contributed by atoms with van der Waals surface area (Å²) in [5.74, 6) is -1.11. The van der Waals surface area contributed by atoms with Gasteiger partial charge in [0, 0.05) is 6.42 Å². The topological polar surface area (TPSA) is 57.6 Å². The Balaban J connectivity index is 2.22. The number of aliphatic hydroxyl groups is 1. The van der Waals surface area contributed by atoms with Crippen LogP contribution >= 0.6 is 0 Å². The Morgan fingerprint density at radius 1 is 1.23 bits per heavy atom. The van der Waals surface area contributed by atoms with Gasteiger partial charge in [0.2, 0.25) is 11.8 Å². The molecule has 1 aromatic rings. The fourth-order valence-electron chi connectivity index (χ4n) is 2.83. The number of hydrogen-bond acceptors (Lipinski definition) is 3. The zero-order valence-electron chi connectivity index (χ0n) is 13.8. The molecule has 0 unspecified atom stereocenters. The third-order valence-electron chi connectivity index (χ3n) is 4.22. The Morgan fingerprint density at radius 2 is 1.82 bits per heavy atom. The van der Waals surface area contributed by atoms with Crippen molar-refractivity contribution in [2.45, 2.75) is 58.5 Å². The third kappa shape index (κ3) is 3.22. The minimum atomic E-state index is -0.736. The first-order valence-electron chi connectivity index (χ1n) is 7.91. The predicted molar refractivity (Wildman–Crippen MR) is 86.7 cm³/mol. The van der Waals surface area contributed by atoms with Crippen LogP contribution < -0.4 is 4.90 Å². The molecule has 2 amide bonds. The van der Waals surface area contributed by atoms with Crippen LogP contribution in [0.25, 0.3) is 0 Å². The normalized spacial score (nSPS) is 20.6. The standard InChI is InChI=1S/C18H25NO3/c1-5-6-15(20)14-11-16(21)19(17(14)22)13-9-7-12(8-10-13)18(2,3)4/h7-10,14-15,20H,5-6,11H2,1-4H3/t14-,15-/m0/s1. The van der Waals surface area contributed by atoms with Crippen molar-refractivity contribution >= 4 is 17.5 Å². The minimum absolute atomic E-state index is 0.0252. The Kier molecular flexibility index (Phi) is 4.71. The molecule has 4 nitrogen and oxygen atoms in total. The Morgan fingerprint density at radius 3 is 2.32 bits per heavy atom. The highest BCUT2D eigenvalue weighted by Gasteiger charge is 2.42. The monoisotopic (exact) mass is 303 g/mol. The molecule has 120 valence electrons. The molecule has 1 aliphatic heterocycles. The van der Waals surface area contributed by atoms with Crippen molar-refractivity contribution in [2.24, 2.45) is 5.92 Å². The first-order valence-corrected chi connectivity index (χ1v) is 7.91. The zero-order valence-corrected chi connectivity index (χ0v) is 13.8. The lowest BCUT2D eigenvalue weighted by Gasteiger charge is -2.21. The maximum absolute atomic E-state index is 12.5. The van der Waals surface area contributed by atoms with Crippen LogP contribution in [0, 0.1) is 5.92 Å². The molecule has 2 atom stereocenters. The van der Waals surface area contributed by atoms with E-state index in [4.69, 9.17) is 0 Å². The fourth-order valence-corrected chi connectivity index (χ4v) is 2.83. The molecule has 2 rings (SSSR count). The SMILES string of the molecule is CCC[C@H](O)[C@@H]1CC(=O)N(c2ccc(C(C)(C)C)cc2)C1=O. The first-order chi connectivity index (χ1) is 10.3. The summed E-state index contributed by atoms with van der Waals surface area (Å²) in [7, 11) is 0. The smallest absolute Gasteiger partial charge is 0.240 e. The summed E-state index contributed by atoms with van der Waals surface area (Å²) >= 11 is 0. The van der Waals surface area contributed by atoms with Crippen molar-refractivity contribution < 1.29 is 14.7 Å². The molecule has 0 radical (unpaired) electrons. The number of benzene rings is 1. The van der Waals surface area contributed by atoms with Gasteiger partial charge in [-0.05, 0) is 29.5 Å². The van der Waals surface area contributed by atoms with Crippen LogP contribution in [0.2, 0.25) is 0 Å². The molecule has 0 bridgehead atoms. The lowest BCUT2D eigenvalue weighted by atomic mass is 9.87. The van der Waals surface area contributed by atoms with E-state index in [1.165, 1.54) is 4.90 Å². The summed E-state index contributed by atoms with van der Waals surface area (Å²) in [6, 6.07) is 7.52. The van der Waals surface area contributed by atoms with Crippen molar-refractivity contribution in [3.8, 4) is 0 Å². The number of hydrogen-bond donors (Lipinski definition) is 1. The highest BCUT2D eigenvalue weighted by atomic mass is 16.3. The van der Waals surface area contributed by atoms with Crippen molar-refractivity contribution in [2.75, 3.05) is 4.90 Å². The van der Waals surface area contributed by atoms with Crippen LogP contribution in [0.15, 0.2) is 24.3 Å². The number of anilines is 1. The quantitative estimate of drug-likeness (QED) is 0.870. The summed E-state index contributed by atoms with van der Waals surface area (Å²) in [6.07, 6.45) is 0.696. The van der Waals surface area contributed by atoms with Gasteiger partial charge in [0.05, 0.1) is 17.7 Å². The third-order valence-corrected chi connectivity index (χ3v) is 4.22. The lowest BCUT2D eigenvalue weighted by Crippen LogP contribution is -2.33. The number of imide groups is 1. The van der Waals surface area contributed by atoms with E-state index < -0.39 is 12.0 Å². The molecule has 1 aromatic carbocycles. The second-order valence-electron chi connectivity index (χ2n) is 7.03. The van der Waals surface area contributed by atoms with Gasteiger partial charge in [0.1, 0.15) is 0 Å². The van der Waals surface area contributed by atoms with Crippen LogP contribution in [0.3, 0.4) is 0 Å². The van der Waals surface area contributed by atoms with Crippen LogP contribution in [0.1, 0.15) is 52.5 Å². The number of amides is 2. The largest absolute Gasteiger partial charge is 0.392 e. The molecule has 0 aromatic heterocycles. The van der Waals surface area contributed by atoms with Crippen LogP contribution in [-0.4, -0.2) is 23.0 Å². The number of carbonyl (C=O) groups excluding carboxylic acids is 2. The van der Waals surface area contributed by atoms with Crippen molar-refractivity contribution in [3.05, 3.63) is 29.8 Å². The summed E-state index contributed by atoms with van der Waals surface area (Å²) < 4.78 is 0. The van der Waals surface area contributed by atoms with E-state index in [2.05, 4.69) is 20.8 Å². The molecule has 22 heavy (non-hydrogen) atoms. The lowest BCUT2D eigenvalue weighted by molar-refractivity contribution is -0.124. The first kappa shape index (κ1) is 16.7. The van der Waals surface area contributed by atoms with Gasteiger partial charge in [-0.25, -0.2) is 0 Å². The second kappa shape index (κ2) is 6.21. The Labute approximate surface area is 132 Å². The molecule has 1 saturated heterocycles. The van der Waals surface area contributed by atoms with E-state index >= 15 is 0 Å². The molecule has 4 heteroatoms. The average molecular weight is 303 g/mol. The van der Waals surface area contributed by atoms with Crippen LogP contribution in [-0.2, 0) is 15.0 Å². The van der Waals surface area contributed by atoms with E-state index in [0.717, 1.165) is 12.0 Å². The highest BCUT2D eigenvalue weighted by Crippen LogP contribution is 2.31. The van der Waals surface area contributed by atoms with Crippen molar-refractivity contribution in [3.63, 3.8) is 0 Å². The summed E-state index contributed by atoms with van der Waals surface area (Å²) in [4.78, 5) is 25.9. The molecule has 1 aliphatic rings. The van der Waals surface area contributed by atoms with Gasteiger partial charge in [-0.2, -0.15) is 0 Å². The maximum Gasteiger partial charge on any atom is 0.240 e. The maximum atomic E-state index is 12.5. The minimum Gasteiger partial charge on any atom is -0.392 e. The van der Waals surface area contributed by atoms with E-state index in [1.54, 1.807) is 0 Å². The van der Waals surface area contributed by atoms with Gasteiger partial charge in [0.15, 0.2) is 0 Å². The number of aliphatic hydroxyl groups excluding tert-OH is 1. The number of rotatable bonds is 4. The fraction of sp³-hybridized carbons (Fsp3) is 0.556. The highest BCUT2D eigenvalue weighted by molar-refractivity contribution is 6.21. The number of carbonyl (C=O) groups is 2. The molecule has 0 spiro atoms. The van der Waals surface area contributed by atoms with Gasteiger partial charge in [-0.15, -0.1) is 0 Å². The summed E-state index contributed by atoms with van der Waals surface area (Å²) in [6.45, 7) is 8.30. The van der Waals surface area contributed by atoms with E-state index in [0.29, 0.717) is 12.1 Å². The van der Waals surface area contributed by atoms with E-state index in [1.807, 2.05) is 31.2 Å². The molecule has 0 saturated carbocycles. The van der Waals surface area contributed by atoms with Gasteiger partial charge in [-0.3, -0.25) is 14.5 Å². The van der Waals surface area contributed by atoms with Gasteiger partial charge < -0.3 is 5.11 Å². The summed E-state index contributed by atoms with van der Waals surface area (Å²) in [5.41, 5.74) is 1.77. The van der Waals surface area contributed by atoms with Gasteiger partial charge in [-0.1, -0.05) is 46.2 Å². The van der Waals surface area contributed by atoms with Gasteiger partial charge in [0.25, 0.3) is 0 Å². The average Bonchev–Trinajstić information content (AvgIpc) is 2.73. The van der Waals surface area contributed by atoms with Crippen molar-refractivity contribution in [1.29, 1.82) is 0 Å². The van der Waals surface area contributed by atoms with Crippen molar-refractivity contribution in [1.82, 2.24) is 0 Å². The van der Waals surface area contributed by atoms with E-state index in [-0.39, 0.29) is 23.7 Å². The number of nitrogens with zero attached hydrogens (tertiary/aromatic N) is 1. The Hall–Kier alpha value is -1.68. The van der Waals surface area contributed by atoms with Crippen LogP contribution in [0.4, 0.5) is 5.69 Å². The molecule has 1 fully saturated rings. The Bertz CT molecular complexity index is 557. The molecule has 0 aliphatic carbocycles. The molecule has 1 N–H and O–H groups in total. The predicted octanol–water partition coefficient (Wildman–Crippen LogP) is 3.02. The second-order valence-corrected chi connectivity index (χ2v) is 7.03. The van der Waals surface area contributed by atoms with Gasteiger partial charge >= 0.3 is 0 Å². The summed E-state index contributed by atoms with van der Waals surface area (Å²) in [5, 5.41) is 10.1. The van der Waals surface area contributed by atoms with Crippen LogP contribution in [0.5, 0.6) is 0 Å². The van der Waals surface area contributed by atoms with E-state index in [9.17, 15) is 14.7 Å². The molecular formula is C18H25NO3. The molecular weight excluding hydrogens is 278 g/mol. The molecule has 1 heterocycles. The zero-order chi connectivity index (χ0) is 16.5.